The maximum absolute atomic E-state index is 12.0. The molecule has 0 fully saturated rings. The van der Waals surface area contributed by atoms with Crippen LogP contribution < -0.4 is 16.0 Å². The number of azo groups is 1. The number of hydrogen-bond donors (Lipinski definition) is 2. The van der Waals surface area contributed by atoms with Gasteiger partial charge >= 0.3 is 5.56 Å². The molecule has 3 N–H and O–H groups in total. The summed E-state index contributed by atoms with van der Waals surface area (Å²) in [7, 11) is 1.56. The number of aromatic nitrogens is 2. The Kier molecular flexibility index (Phi) is 3.94. The summed E-state index contributed by atoms with van der Waals surface area (Å²) in [5.41, 5.74) is 6.27. The number of aryl methyl sites for hydroxylation is 1. The van der Waals surface area contributed by atoms with Gasteiger partial charge in [-0.1, -0.05) is 6.07 Å². The van der Waals surface area contributed by atoms with Crippen molar-refractivity contribution in [2.75, 3.05) is 7.11 Å². The molecule has 1 aromatic heterocycles. The molecule has 1 heterocycles. The molecule has 0 aliphatic heterocycles. The van der Waals surface area contributed by atoms with Crippen LogP contribution in [0.15, 0.2) is 39.3 Å². The molecule has 0 radical (unpaired) electrons. The number of thiocarbonyl (C=S) groups is 1. The molecule has 20 heavy (non-hydrogen) atoms. The van der Waals surface area contributed by atoms with Crippen LogP contribution in [0.25, 0.3) is 0 Å². The van der Waals surface area contributed by atoms with Crippen molar-refractivity contribution in [2.45, 2.75) is 6.92 Å². The smallest absolute Gasteiger partial charge is 0.301 e. The van der Waals surface area contributed by atoms with Crippen LogP contribution in [0.3, 0.4) is 0 Å². The second-order valence-electron chi connectivity index (χ2n) is 3.97. The third kappa shape index (κ3) is 2.75. The van der Waals surface area contributed by atoms with Gasteiger partial charge in [0.1, 0.15) is 5.75 Å². The van der Waals surface area contributed by atoms with Crippen molar-refractivity contribution in [3.63, 3.8) is 0 Å². The van der Waals surface area contributed by atoms with Gasteiger partial charge in [-0.2, -0.15) is 9.80 Å². The van der Waals surface area contributed by atoms with E-state index in [1.54, 1.807) is 38.3 Å². The minimum absolute atomic E-state index is 0.0686. The van der Waals surface area contributed by atoms with E-state index >= 15 is 0 Å². The molecule has 0 saturated carbocycles. The molecule has 0 aliphatic carbocycles. The minimum atomic E-state index is -0.429. The molecule has 0 amide bonds. The summed E-state index contributed by atoms with van der Waals surface area (Å²) in [5.74, 6) is 0.660. The topological polar surface area (TPSA) is 97.8 Å². The zero-order valence-corrected chi connectivity index (χ0v) is 11.8. The standard InChI is InChI=1S/C12H13N5O2S/c1-7-10(11(18)17(16-7)12(13)20)15-14-8-4-3-5-9(6-8)19-2/h3-6,16H,1-2H3,(H2,13,20). The molecule has 1 aromatic carbocycles. The summed E-state index contributed by atoms with van der Waals surface area (Å²) < 4.78 is 6.13. The first-order valence-corrected chi connectivity index (χ1v) is 6.11. The summed E-state index contributed by atoms with van der Waals surface area (Å²) in [4.78, 5) is 12.0. The largest absolute Gasteiger partial charge is 0.497 e. The molecule has 0 bridgehead atoms. The van der Waals surface area contributed by atoms with Gasteiger partial charge in [0.25, 0.3) is 0 Å². The first kappa shape index (κ1) is 13.9. The highest BCUT2D eigenvalue weighted by atomic mass is 32.1. The van der Waals surface area contributed by atoms with E-state index in [2.05, 4.69) is 15.3 Å². The minimum Gasteiger partial charge on any atom is -0.497 e. The van der Waals surface area contributed by atoms with E-state index in [0.717, 1.165) is 4.68 Å². The van der Waals surface area contributed by atoms with Crippen molar-refractivity contribution in [3.8, 4) is 5.75 Å². The first-order valence-electron chi connectivity index (χ1n) is 5.70. The third-order valence-corrected chi connectivity index (χ3v) is 2.76. The Bertz CT molecular complexity index is 732. The molecule has 104 valence electrons. The maximum Gasteiger partial charge on any atom is 0.301 e. The van der Waals surface area contributed by atoms with Gasteiger partial charge in [-0.3, -0.25) is 9.89 Å². The molecule has 8 heteroatoms. The monoisotopic (exact) mass is 291 g/mol. The lowest BCUT2D eigenvalue weighted by atomic mass is 10.3. The van der Waals surface area contributed by atoms with Crippen LogP contribution in [-0.4, -0.2) is 22.0 Å². The Morgan fingerprint density at radius 1 is 1.45 bits per heavy atom. The van der Waals surface area contributed by atoms with Gasteiger partial charge in [-0.25, -0.2) is 0 Å². The predicted molar refractivity (Wildman–Crippen MR) is 79.1 cm³/mol. The van der Waals surface area contributed by atoms with E-state index in [1.807, 2.05) is 0 Å². The highest BCUT2D eigenvalue weighted by Gasteiger charge is 2.11. The molecule has 0 aliphatic rings. The second-order valence-corrected chi connectivity index (χ2v) is 4.38. The summed E-state index contributed by atoms with van der Waals surface area (Å²) in [5, 5.41) is 10.6. The van der Waals surface area contributed by atoms with Crippen LogP contribution in [0.5, 0.6) is 5.75 Å². The average Bonchev–Trinajstić information content (AvgIpc) is 2.72. The second kappa shape index (κ2) is 5.66. The van der Waals surface area contributed by atoms with Crippen LogP contribution in [-0.2, 0) is 0 Å². The number of H-pyrrole nitrogens is 1. The molecule has 7 nitrogen and oxygen atoms in total. The maximum atomic E-state index is 12.0. The number of nitrogens with two attached hydrogens (primary N) is 1. The molecule has 0 spiro atoms. The fourth-order valence-electron chi connectivity index (χ4n) is 1.59. The number of methoxy groups -OCH3 is 1. The zero-order chi connectivity index (χ0) is 14.7. The lowest BCUT2D eigenvalue weighted by Crippen LogP contribution is -2.29. The number of nitrogens with one attached hydrogen (secondary N) is 1. The number of aromatic amines is 1. The summed E-state index contributed by atoms with van der Waals surface area (Å²) in [6.07, 6.45) is 0. The fourth-order valence-corrected chi connectivity index (χ4v) is 1.72. The van der Waals surface area contributed by atoms with Gasteiger partial charge in [0.2, 0.25) is 0 Å². The highest BCUT2D eigenvalue weighted by Crippen LogP contribution is 2.22. The number of nitrogens with zero attached hydrogens (tertiary/aromatic N) is 3. The summed E-state index contributed by atoms with van der Waals surface area (Å²) >= 11 is 4.75. The van der Waals surface area contributed by atoms with Crippen LogP contribution in [0.4, 0.5) is 11.4 Å². The van der Waals surface area contributed by atoms with E-state index < -0.39 is 5.56 Å². The quantitative estimate of drug-likeness (QED) is 0.667. The van der Waals surface area contributed by atoms with Crippen molar-refractivity contribution in [1.29, 1.82) is 0 Å². The van der Waals surface area contributed by atoms with Gasteiger partial charge in [-0.05, 0) is 31.3 Å². The Balaban J connectivity index is 2.36. The van der Waals surface area contributed by atoms with Gasteiger partial charge in [0.05, 0.1) is 18.5 Å². The zero-order valence-electron chi connectivity index (χ0n) is 11.0. The molecule has 0 saturated heterocycles. The Morgan fingerprint density at radius 2 is 2.20 bits per heavy atom. The molecular formula is C12H13N5O2S. The normalized spacial score (nSPS) is 10.9. The third-order valence-electron chi connectivity index (χ3n) is 2.58. The lowest BCUT2D eigenvalue weighted by Gasteiger charge is -1.98. The number of hydrogen-bond acceptors (Lipinski definition) is 5. The van der Waals surface area contributed by atoms with Crippen molar-refractivity contribution in [2.24, 2.45) is 16.0 Å². The highest BCUT2D eigenvalue weighted by molar-refractivity contribution is 7.80. The SMILES string of the molecule is COc1cccc(N=Nc2c(C)[nH]n(C(N)=S)c2=O)c1. The predicted octanol–water partition coefficient (Wildman–Crippen LogP) is 2.00. The van der Waals surface area contributed by atoms with Crippen LogP contribution in [0.1, 0.15) is 5.69 Å². The van der Waals surface area contributed by atoms with E-state index in [4.69, 9.17) is 22.7 Å². The van der Waals surface area contributed by atoms with E-state index in [-0.39, 0.29) is 10.8 Å². The molecule has 2 rings (SSSR count). The van der Waals surface area contributed by atoms with Crippen LogP contribution >= 0.6 is 12.2 Å². The van der Waals surface area contributed by atoms with Crippen molar-refractivity contribution in [1.82, 2.24) is 9.78 Å². The number of rotatable bonds is 3. The van der Waals surface area contributed by atoms with Crippen LogP contribution in [0.2, 0.25) is 0 Å². The van der Waals surface area contributed by atoms with Crippen molar-refractivity contribution >= 4 is 28.7 Å². The van der Waals surface area contributed by atoms with Crippen molar-refractivity contribution in [3.05, 3.63) is 40.3 Å². The van der Waals surface area contributed by atoms with Crippen molar-refractivity contribution < 1.29 is 4.74 Å². The molecule has 0 atom stereocenters. The van der Waals surface area contributed by atoms with Gasteiger partial charge in [0.15, 0.2) is 10.8 Å². The van der Waals surface area contributed by atoms with Gasteiger partial charge in [-0.15, -0.1) is 5.11 Å². The Morgan fingerprint density at radius 3 is 2.80 bits per heavy atom. The number of ether oxygens (including phenoxy) is 1. The average molecular weight is 291 g/mol. The van der Waals surface area contributed by atoms with E-state index in [0.29, 0.717) is 17.1 Å². The molecular weight excluding hydrogens is 278 g/mol. The fraction of sp³-hybridized carbons (Fsp3) is 0.167. The van der Waals surface area contributed by atoms with Crippen LogP contribution in [0, 0.1) is 6.92 Å². The van der Waals surface area contributed by atoms with Gasteiger partial charge in [0, 0.05) is 6.07 Å². The lowest BCUT2D eigenvalue weighted by molar-refractivity contribution is 0.415. The van der Waals surface area contributed by atoms with E-state index in [9.17, 15) is 4.79 Å². The first-order chi connectivity index (χ1) is 9.52. The van der Waals surface area contributed by atoms with Gasteiger partial charge < -0.3 is 10.5 Å². The Hall–Kier alpha value is -2.48. The number of benzene rings is 1. The molecule has 0 unspecified atom stereocenters. The Labute approximate surface area is 120 Å². The summed E-state index contributed by atoms with van der Waals surface area (Å²) in [6.45, 7) is 1.69. The molecule has 2 aromatic rings. The summed E-state index contributed by atoms with van der Waals surface area (Å²) in [6, 6.07) is 7.03. The van der Waals surface area contributed by atoms with E-state index in [1.165, 1.54) is 0 Å².